The smallest absolute Gasteiger partial charge is 0.163 e. The summed E-state index contributed by atoms with van der Waals surface area (Å²) in [6.45, 7) is 4.71. The Labute approximate surface area is 280 Å². The van der Waals surface area contributed by atoms with Crippen molar-refractivity contribution in [2.45, 2.75) is 31.6 Å². The fourth-order valence-corrected chi connectivity index (χ4v) is 7.65. The average molecular weight is 620 g/mol. The highest BCUT2D eigenvalue weighted by Gasteiger charge is 2.42. The molecule has 0 N–H and O–H groups in total. The first-order valence-electron chi connectivity index (χ1n) is 16.5. The van der Waals surface area contributed by atoms with Gasteiger partial charge in [-0.15, -0.1) is 0 Å². The van der Waals surface area contributed by atoms with Gasteiger partial charge in [0.1, 0.15) is 5.82 Å². The van der Waals surface area contributed by atoms with Crippen LogP contribution in [0.3, 0.4) is 0 Å². The Morgan fingerprint density at radius 1 is 0.604 bits per heavy atom. The van der Waals surface area contributed by atoms with Gasteiger partial charge >= 0.3 is 0 Å². The van der Waals surface area contributed by atoms with Gasteiger partial charge in [0, 0.05) is 39.9 Å². The highest BCUT2D eigenvalue weighted by atomic mass is 15.2. The normalized spacial score (nSPS) is 15.5. The van der Waals surface area contributed by atoms with Crippen LogP contribution in [0.4, 0.5) is 17.1 Å². The Morgan fingerprint density at radius 3 is 1.88 bits per heavy atom. The zero-order valence-corrected chi connectivity index (χ0v) is 26.9. The van der Waals surface area contributed by atoms with Gasteiger partial charge in [-0.1, -0.05) is 135 Å². The lowest BCUT2D eigenvalue weighted by atomic mass is 9.68. The molecule has 0 saturated heterocycles. The second-order valence-electron chi connectivity index (χ2n) is 13.1. The molecule has 7 aromatic rings. The van der Waals surface area contributed by atoms with E-state index in [1.807, 2.05) is 36.4 Å². The number of nitrogens with zero attached hydrogens (tertiary/aromatic N) is 5. The van der Waals surface area contributed by atoms with Gasteiger partial charge in [0.2, 0.25) is 0 Å². The highest BCUT2D eigenvalue weighted by Crippen LogP contribution is 2.56. The predicted molar refractivity (Wildman–Crippen MR) is 193 cm³/mol. The van der Waals surface area contributed by atoms with Crippen molar-refractivity contribution >= 4 is 17.1 Å². The zero-order chi connectivity index (χ0) is 32.2. The third-order valence-corrected chi connectivity index (χ3v) is 9.87. The Bertz CT molecular complexity index is 2240. The molecule has 5 heteroatoms. The molecule has 0 spiro atoms. The molecule has 0 saturated carbocycles. The minimum Gasteiger partial charge on any atom is -0.308 e. The molecule has 0 bridgehead atoms. The maximum absolute atomic E-state index is 5.27. The number of fused-ring (bicyclic) bond motifs is 6. The van der Waals surface area contributed by atoms with E-state index in [2.05, 4.69) is 128 Å². The monoisotopic (exact) mass is 619 g/mol. The van der Waals surface area contributed by atoms with E-state index >= 15 is 0 Å². The average Bonchev–Trinajstić information content (AvgIpc) is 3.15. The number of rotatable bonds is 4. The van der Waals surface area contributed by atoms with Crippen molar-refractivity contribution in [1.82, 2.24) is 19.9 Å². The number of para-hydroxylation sites is 2. The Kier molecular flexibility index (Phi) is 6.54. The maximum Gasteiger partial charge on any atom is 0.163 e. The second-order valence-corrected chi connectivity index (χ2v) is 13.1. The molecule has 0 radical (unpaired) electrons. The Hall–Kier alpha value is -5.94. The molecule has 2 aliphatic rings. The van der Waals surface area contributed by atoms with Gasteiger partial charge in [0.15, 0.2) is 11.6 Å². The molecule has 48 heavy (non-hydrogen) atoms. The van der Waals surface area contributed by atoms with Crippen LogP contribution in [-0.4, -0.2) is 19.9 Å². The molecule has 1 unspecified atom stereocenters. The third kappa shape index (κ3) is 4.46. The first-order chi connectivity index (χ1) is 23.6. The lowest BCUT2D eigenvalue weighted by Gasteiger charge is -2.44. The minimum absolute atomic E-state index is 0.0867. The summed E-state index contributed by atoms with van der Waals surface area (Å²) in [5.74, 6) is 2.03. The molecule has 0 fully saturated rings. The van der Waals surface area contributed by atoms with Crippen LogP contribution < -0.4 is 4.90 Å². The molecule has 2 aromatic heterocycles. The van der Waals surface area contributed by atoms with Gasteiger partial charge in [0.25, 0.3) is 0 Å². The van der Waals surface area contributed by atoms with Crippen molar-refractivity contribution in [3.05, 3.63) is 174 Å². The summed E-state index contributed by atoms with van der Waals surface area (Å²) in [6, 6.07) is 48.6. The van der Waals surface area contributed by atoms with Crippen molar-refractivity contribution < 1.29 is 0 Å². The quantitative estimate of drug-likeness (QED) is 0.196. The molecule has 0 amide bonds. The fourth-order valence-electron chi connectivity index (χ4n) is 7.65. The summed E-state index contributed by atoms with van der Waals surface area (Å²) >= 11 is 0. The van der Waals surface area contributed by atoms with Gasteiger partial charge in [-0.05, 0) is 40.5 Å². The zero-order valence-electron chi connectivity index (χ0n) is 26.9. The van der Waals surface area contributed by atoms with E-state index in [0.717, 1.165) is 34.0 Å². The van der Waals surface area contributed by atoms with E-state index in [-0.39, 0.29) is 11.3 Å². The van der Waals surface area contributed by atoms with Crippen molar-refractivity contribution in [2.75, 3.05) is 4.90 Å². The summed E-state index contributed by atoms with van der Waals surface area (Å²) in [5, 5.41) is 0. The fraction of sp³-hybridized carbons (Fsp3) is 0.116. The van der Waals surface area contributed by atoms with E-state index in [0.29, 0.717) is 18.1 Å². The van der Waals surface area contributed by atoms with Crippen molar-refractivity contribution in [3.8, 4) is 33.9 Å². The minimum atomic E-state index is -0.266. The van der Waals surface area contributed by atoms with Crippen LogP contribution in [0.5, 0.6) is 0 Å². The first kappa shape index (κ1) is 28.3. The predicted octanol–water partition coefficient (Wildman–Crippen LogP) is 10.1. The van der Waals surface area contributed by atoms with Crippen LogP contribution in [0.25, 0.3) is 33.9 Å². The molecule has 5 aromatic carbocycles. The van der Waals surface area contributed by atoms with Crippen molar-refractivity contribution in [1.29, 1.82) is 0 Å². The number of anilines is 3. The molecule has 3 heterocycles. The Balaban J connectivity index is 1.26. The summed E-state index contributed by atoms with van der Waals surface area (Å²) in [5.41, 5.74) is 12.4. The van der Waals surface area contributed by atoms with E-state index < -0.39 is 0 Å². The van der Waals surface area contributed by atoms with Gasteiger partial charge in [-0.2, -0.15) is 0 Å². The molecule has 5 nitrogen and oxygen atoms in total. The lowest BCUT2D eigenvalue weighted by Crippen LogP contribution is -2.33. The van der Waals surface area contributed by atoms with Crippen molar-refractivity contribution in [2.24, 2.45) is 0 Å². The third-order valence-electron chi connectivity index (χ3n) is 9.87. The largest absolute Gasteiger partial charge is 0.308 e. The van der Waals surface area contributed by atoms with Crippen LogP contribution in [0.2, 0.25) is 0 Å². The van der Waals surface area contributed by atoms with Gasteiger partial charge < -0.3 is 4.90 Å². The highest BCUT2D eigenvalue weighted by molar-refractivity contribution is 5.92. The van der Waals surface area contributed by atoms with Crippen molar-refractivity contribution in [3.63, 3.8) is 0 Å². The lowest BCUT2D eigenvalue weighted by molar-refractivity contribution is 0.625. The van der Waals surface area contributed by atoms with E-state index in [1.54, 1.807) is 0 Å². The van der Waals surface area contributed by atoms with Crippen LogP contribution >= 0.6 is 0 Å². The molecule has 9 rings (SSSR count). The summed E-state index contributed by atoms with van der Waals surface area (Å²) in [4.78, 5) is 22.9. The Morgan fingerprint density at radius 2 is 1.19 bits per heavy atom. The molecule has 230 valence electrons. The summed E-state index contributed by atoms with van der Waals surface area (Å²) < 4.78 is 0. The first-order valence-corrected chi connectivity index (χ1v) is 16.5. The number of hydrogen-bond donors (Lipinski definition) is 0. The molecule has 1 aliphatic heterocycles. The van der Waals surface area contributed by atoms with Crippen LogP contribution in [-0.2, 0) is 11.8 Å². The number of pyridine rings is 1. The standard InChI is InChI=1S/C43H33N5/c1-43(2)34-24-14-15-25-36(34)48(30-20-10-5-11-21-30)37-27-44-35-26-33(31-22-12-13-23-32(31)38(35)39(37)43)42-46-40(28-16-6-3-7-17-28)45-41(47-42)29-18-8-4-9-19-29/h3-25,27,33H,26H2,1-2H3. The number of benzene rings is 5. The number of aromatic nitrogens is 4. The number of hydrogen-bond acceptors (Lipinski definition) is 5. The molecular formula is C43H33N5. The van der Waals surface area contributed by atoms with Gasteiger partial charge in [-0.3, -0.25) is 4.98 Å². The van der Waals surface area contributed by atoms with Gasteiger partial charge in [0.05, 0.1) is 23.5 Å². The van der Waals surface area contributed by atoms with Gasteiger partial charge in [-0.25, -0.2) is 15.0 Å². The molecular weight excluding hydrogens is 587 g/mol. The van der Waals surface area contributed by atoms with E-state index in [1.165, 1.54) is 33.5 Å². The second kappa shape index (κ2) is 11.1. The van der Waals surface area contributed by atoms with E-state index in [4.69, 9.17) is 19.9 Å². The van der Waals surface area contributed by atoms with Crippen LogP contribution in [0, 0.1) is 0 Å². The van der Waals surface area contributed by atoms with E-state index in [9.17, 15) is 0 Å². The van der Waals surface area contributed by atoms with Crippen LogP contribution in [0.1, 0.15) is 48.0 Å². The molecule has 1 atom stereocenters. The maximum atomic E-state index is 5.27. The SMILES string of the molecule is CC1(C)c2ccccc2N(c2ccccc2)c2cnc3c(c21)-c1ccccc1C(c1nc(-c2ccccc2)nc(-c2ccccc2)n1)C3. The molecule has 1 aliphatic carbocycles. The topological polar surface area (TPSA) is 54.8 Å². The van der Waals surface area contributed by atoms with Crippen LogP contribution in [0.15, 0.2) is 146 Å². The summed E-state index contributed by atoms with van der Waals surface area (Å²) in [6.07, 6.45) is 2.78. The summed E-state index contributed by atoms with van der Waals surface area (Å²) in [7, 11) is 0.